The first-order valence-corrected chi connectivity index (χ1v) is 9.71. The standard InChI is InChI=1S/C20H33N5O2/c1-22-20(24-12-10-16-6-8-18(27-2)9-7-16)23-11-4-14-25-13-3-5-17(15-25)19(21)26/h6-9,17H,3-5,10-15H2,1-2H3,(H2,21,26)(H2,22,23,24). The number of nitrogens with zero attached hydrogens (tertiary/aromatic N) is 2. The van der Waals surface area contributed by atoms with Gasteiger partial charge in [0.05, 0.1) is 13.0 Å². The number of benzene rings is 1. The first kappa shape index (κ1) is 21.0. The van der Waals surface area contributed by atoms with Crippen LogP contribution in [0.1, 0.15) is 24.8 Å². The number of nitrogens with one attached hydrogen (secondary N) is 2. The second-order valence-electron chi connectivity index (χ2n) is 6.92. The normalized spacial score (nSPS) is 18.1. The van der Waals surface area contributed by atoms with E-state index >= 15 is 0 Å². The van der Waals surface area contributed by atoms with Gasteiger partial charge >= 0.3 is 0 Å². The van der Waals surface area contributed by atoms with E-state index in [0.29, 0.717) is 0 Å². The Morgan fingerprint density at radius 3 is 2.70 bits per heavy atom. The number of rotatable bonds is 9. The number of methoxy groups -OCH3 is 1. The van der Waals surface area contributed by atoms with Crippen molar-refractivity contribution in [3.8, 4) is 5.75 Å². The third-order valence-electron chi connectivity index (χ3n) is 4.94. The highest BCUT2D eigenvalue weighted by Crippen LogP contribution is 2.15. The summed E-state index contributed by atoms with van der Waals surface area (Å²) in [5.41, 5.74) is 6.69. The van der Waals surface area contributed by atoms with Gasteiger partial charge in [-0.3, -0.25) is 9.79 Å². The molecule has 1 heterocycles. The number of ether oxygens (including phenoxy) is 1. The van der Waals surface area contributed by atoms with Gasteiger partial charge in [-0.15, -0.1) is 0 Å². The Kier molecular flexibility index (Phi) is 8.91. The van der Waals surface area contributed by atoms with Gasteiger partial charge in [-0.05, 0) is 56.5 Å². The first-order valence-electron chi connectivity index (χ1n) is 9.71. The van der Waals surface area contributed by atoms with Crippen LogP contribution in [0.25, 0.3) is 0 Å². The molecule has 0 radical (unpaired) electrons. The van der Waals surface area contributed by atoms with Crippen LogP contribution in [0.15, 0.2) is 29.3 Å². The summed E-state index contributed by atoms with van der Waals surface area (Å²) in [6.07, 6.45) is 3.90. The number of aliphatic imine (C=N–C) groups is 1. The number of guanidine groups is 1. The third-order valence-corrected chi connectivity index (χ3v) is 4.94. The van der Waals surface area contributed by atoms with Crippen molar-refractivity contribution in [1.29, 1.82) is 0 Å². The molecule has 0 aromatic heterocycles. The van der Waals surface area contributed by atoms with Crippen LogP contribution in [-0.4, -0.2) is 63.6 Å². The van der Waals surface area contributed by atoms with Crippen LogP contribution in [0.4, 0.5) is 0 Å². The summed E-state index contributed by atoms with van der Waals surface area (Å²) >= 11 is 0. The van der Waals surface area contributed by atoms with Crippen LogP contribution in [0.5, 0.6) is 5.75 Å². The van der Waals surface area contributed by atoms with Gasteiger partial charge in [0.2, 0.25) is 5.91 Å². The Morgan fingerprint density at radius 1 is 1.30 bits per heavy atom. The maximum Gasteiger partial charge on any atom is 0.221 e. The molecule has 27 heavy (non-hydrogen) atoms. The molecule has 0 saturated carbocycles. The van der Waals surface area contributed by atoms with Gasteiger partial charge in [-0.1, -0.05) is 12.1 Å². The second kappa shape index (κ2) is 11.4. The fourth-order valence-electron chi connectivity index (χ4n) is 3.34. The van der Waals surface area contributed by atoms with Crippen LogP contribution in [-0.2, 0) is 11.2 Å². The van der Waals surface area contributed by atoms with Crippen LogP contribution in [0.3, 0.4) is 0 Å². The molecule has 1 aliphatic rings. The number of primary amides is 1. The summed E-state index contributed by atoms with van der Waals surface area (Å²) in [4.78, 5) is 17.9. The molecule has 1 saturated heterocycles. The van der Waals surface area contributed by atoms with Crippen molar-refractivity contribution in [2.24, 2.45) is 16.6 Å². The van der Waals surface area contributed by atoms with E-state index in [2.05, 4.69) is 32.7 Å². The topological polar surface area (TPSA) is 92.0 Å². The van der Waals surface area contributed by atoms with Crippen LogP contribution in [0, 0.1) is 5.92 Å². The lowest BCUT2D eigenvalue weighted by Gasteiger charge is -2.31. The molecule has 1 fully saturated rings. The van der Waals surface area contributed by atoms with Gasteiger partial charge in [0, 0.05) is 26.7 Å². The summed E-state index contributed by atoms with van der Waals surface area (Å²) in [5.74, 6) is 1.54. The minimum atomic E-state index is -0.167. The Balaban J connectivity index is 1.60. The van der Waals surface area contributed by atoms with Gasteiger partial charge in [-0.2, -0.15) is 0 Å². The van der Waals surface area contributed by atoms with E-state index in [1.807, 2.05) is 12.1 Å². The molecule has 7 heteroatoms. The molecule has 4 N–H and O–H groups in total. The van der Waals surface area contributed by atoms with Crippen molar-refractivity contribution in [2.75, 3.05) is 46.9 Å². The summed E-state index contributed by atoms with van der Waals surface area (Å²) in [6, 6.07) is 8.11. The van der Waals surface area contributed by atoms with Gasteiger partial charge < -0.3 is 26.0 Å². The minimum Gasteiger partial charge on any atom is -0.497 e. The highest BCUT2D eigenvalue weighted by Gasteiger charge is 2.23. The zero-order valence-corrected chi connectivity index (χ0v) is 16.5. The number of carbonyl (C=O) groups is 1. The predicted molar refractivity (Wildman–Crippen MR) is 109 cm³/mol. The molecular weight excluding hydrogens is 342 g/mol. The number of carbonyl (C=O) groups excluding carboxylic acids is 1. The Morgan fingerprint density at radius 2 is 2.04 bits per heavy atom. The Labute approximate surface area is 162 Å². The molecular formula is C20H33N5O2. The molecule has 7 nitrogen and oxygen atoms in total. The van der Waals surface area contributed by atoms with Gasteiger partial charge in [-0.25, -0.2) is 0 Å². The van der Waals surface area contributed by atoms with Crippen LogP contribution in [0.2, 0.25) is 0 Å². The Bertz CT molecular complexity index is 603. The molecule has 150 valence electrons. The molecule has 0 bridgehead atoms. The molecule has 0 aliphatic carbocycles. The zero-order chi connectivity index (χ0) is 19.5. The molecule has 1 unspecified atom stereocenters. The van der Waals surface area contributed by atoms with Crippen LogP contribution >= 0.6 is 0 Å². The fraction of sp³-hybridized carbons (Fsp3) is 0.600. The molecule has 0 spiro atoms. The van der Waals surface area contributed by atoms with E-state index in [-0.39, 0.29) is 11.8 Å². The number of hydrogen-bond donors (Lipinski definition) is 3. The van der Waals surface area contributed by atoms with E-state index in [9.17, 15) is 4.79 Å². The van der Waals surface area contributed by atoms with Crippen molar-refractivity contribution in [3.05, 3.63) is 29.8 Å². The Hall–Kier alpha value is -2.28. The van der Waals surface area contributed by atoms with Gasteiger partial charge in [0.25, 0.3) is 0 Å². The average Bonchev–Trinajstić information content (AvgIpc) is 2.70. The minimum absolute atomic E-state index is 0.0131. The highest BCUT2D eigenvalue weighted by molar-refractivity contribution is 5.79. The number of nitrogens with two attached hydrogens (primary N) is 1. The summed E-state index contributed by atoms with van der Waals surface area (Å²) in [7, 11) is 3.46. The molecule has 2 rings (SSSR count). The fourth-order valence-corrected chi connectivity index (χ4v) is 3.34. The second-order valence-corrected chi connectivity index (χ2v) is 6.92. The monoisotopic (exact) mass is 375 g/mol. The van der Waals surface area contributed by atoms with E-state index in [4.69, 9.17) is 10.5 Å². The number of piperidine rings is 1. The maximum absolute atomic E-state index is 11.3. The van der Waals surface area contributed by atoms with E-state index < -0.39 is 0 Å². The highest BCUT2D eigenvalue weighted by atomic mass is 16.5. The number of hydrogen-bond acceptors (Lipinski definition) is 4. The van der Waals surface area contributed by atoms with Crippen LogP contribution < -0.4 is 21.1 Å². The predicted octanol–water partition coefficient (Wildman–Crippen LogP) is 0.990. The largest absolute Gasteiger partial charge is 0.497 e. The zero-order valence-electron chi connectivity index (χ0n) is 16.5. The van der Waals surface area contributed by atoms with Crippen molar-refractivity contribution in [3.63, 3.8) is 0 Å². The van der Waals surface area contributed by atoms with Crippen molar-refractivity contribution in [2.45, 2.75) is 25.7 Å². The van der Waals surface area contributed by atoms with Gasteiger partial charge in [0.15, 0.2) is 5.96 Å². The van der Waals surface area contributed by atoms with Crippen molar-refractivity contribution < 1.29 is 9.53 Å². The maximum atomic E-state index is 11.3. The molecule has 1 aromatic carbocycles. The van der Waals surface area contributed by atoms with E-state index in [1.165, 1.54) is 5.56 Å². The molecule has 1 amide bonds. The first-order chi connectivity index (χ1) is 13.1. The summed E-state index contributed by atoms with van der Waals surface area (Å²) < 4.78 is 5.17. The SMILES string of the molecule is CN=C(NCCCN1CCCC(C(N)=O)C1)NCCc1ccc(OC)cc1. The lowest BCUT2D eigenvalue weighted by Crippen LogP contribution is -2.43. The summed E-state index contributed by atoms with van der Waals surface area (Å²) in [5, 5.41) is 6.69. The molecule has 1 aliphatic heterocycles. The summed E-state index contributed by atoms with van der Waals surface area (Å²) in [6.45, 7) is 4.49. The van der Waals surface area contributed by atoms with Crippen molar-refractivity contribution in [1.82, 2.24) is 15.5 Å². The third kappa shape index (κ3) is 7.46. The molecule has 1 atom stereocenters. The smallest absolute Gasteiger partial charge is 0.221 e. The van der Waals surface area contributed by atoms with Crippen molar-refractivity contribution >= 4 is 11.9 Å². The average molecular weight is 376 g/mol. The number of likely N-dealkylation sites (tertiary alicyclic amines) is 1. The van der Waals surface area contributed by atoms with E-state index in [0.717, 1.165) is 70.1 Å². The molecule has 1 aromatic rings. The number of amides is 1. The van der Waals surface area contributed by atoms with E-state index in [1.54, 1.807) is 14.2 Å². The lowest BCUT2D eigenvalue weighted by atomic mass is 9.97. The quantitative estimate of drug-likeness (QED) is 0.340. The lowest BCUT2D eigenvalue weighted by molar-refractivity contribution is -0.123. The van der Waals surface area contributed by atoms with Gasteiger partial charge in [0.1, 0.15) is 5.75 Å².